The molecule has 1 aliphatic rings. The van der Waals surface area contributed by atoms with E-state index in [9.17, 15) is 4.79 Å². The molecule has 2 heterocycles. The summed E-state index contributed by atoms with van der Waals surface area (Å²) in [5.74, 6) is 0.733. The number of aldehydes is 1. The lowest BCUT2D eigenvalue weighted by atomic mass is 10.0. The molecule has 1 aromatic heterocycles. The minimum atomic E-state index is -0.0609. The summed E-state index contributed by atoms with van der Waals surface area (Å²) in [6.45, 7) is 0.861. The minimum absolute atomic E-state index is 0.0609. The zero-order valence-electron chi connectivity index (χ0n) is 8.27. The van der Waals surface area contributed by atoms with Crippen LogP contribution in [0, 0.1) is 0 Å². The van der Waals surface area contributed by atoms with Gasteiger partial charge in [-0.1, -0.05) is 11.6 Å². The van der Waals surface area contributed by atoms with Gasteiger partial charge in [-0.2, -0.15) is 0 Å². The van der Waals surface area contributed by atoms with Gasteiger partial charge in [0.2, 0.25) is 0 Å². The molecule has 0 amide bonds. The molecule has 0 radical (unpaired) electrons. The third-order valence-electron chi connectivity index (χ3n) is 2.62. The quantitative estimate of drug-likeness (QED) is 0.719. The Hall–Kier alpha value is -1.16. The predicted molar refractivity (Wildman–Crippen MR) is 58.1 cm³/mol. The molecule has 5 heteroatoms. The van der Waals surface area contributed by atoms with Crippen molar-refractivity contribution in [3.8, 4) is 0 Å². The molecule has 1 fully saturated rings. The van der Waals surface area contributed by atoms with E-state index in [-0.39, 0.29) is 6.04 Å². The van der Waals surface area contributed by atoms with Gasteiger partial charge in [-0.15, -0.1) is 10.2 Å². The molecule has 1 unspecified atom stereocenters. The Morgan fingerprint density at radius 3 is 2.93 bits per heavy atom. The highest BCUT2D eigenvalue weighted by Gasteiger charge is 2.22. The number of hydrogen-bond acceptors (Lipinski definition) is 4. The molecule has 15 heavy (non-hydrogen) atoms. The van der Waals surface area contributed by atoms with Crippen molar-refractivity contribution in [2.45, 2.75) is 25.3 Å². The molecule has 80 valence electrons. The smallest absolute Gasteiger partial charge is 0.151 e. The molecule has 0 saturated carbocycles. The zero-order chi connectivity index (χ0) is 10.7. The summed E-state index contributed by atoms with van der Waals surface area (Å²) in [5.41, 5.74) is 0. The van der Waals surface area contributed by atoms with Crippen LogP contribution in [-0.4, -0.2) is 29.1 Å². The van der Waals surface area contributed by atoms with Crippen LogP contribution in [0.2, 0.25) is 5.15 Å². The van der Waals surface area contributed by atoms with Gasteiger partial charge in [-0.3, -0.25) is 0 Å². The van der Waals surface area contributed by atoms with Crippen molar-refractivity contribution in [2.75, 3.05) is 11.4 Å². The summed E-state index contributed by atoms with van der Waals surface area (Å²) < 4.78 is 0. The average Bonchev–Trinajstić information content (AvgIpc) is 2.30. The van der Waals surface area contributed by atoms with E-state index in [1.807, 2.05) is 4.90 Å². The number of nitrogens with zero attached hydrogens (tertiary/aromatic N) is 3. The number of piperidine rings is 1. The molecule has 0 aromatic carbocycles. The maximum Gasteiger partial charge on any atom is 0.151 e. The molecule has 0 aliphatic carbocycles. The van der Waals surface area contributed by atoms with E-state index in [4.69, 9.17) is 11.6 Å². The molecule has 1 saturated heterocycles. The van der Waals surface area contributed by atoms with Crippen molar-refractivity contribution in [3.63, 3.8) is 0 Å². The molecule has 0 bridgehead atoms. The highest BCUT2D eigenvalue weighted by atomic mass is 35.5. The fourth-order valence-electron chi connectivity index (χ4n) is 1.85. The number of anilines is 1. The number of carbonyl (C=O) groups excluding carboxylic acids is 1. The molecular formula is C10H12ClN3O. The molecule has 1 atom stereocenters. The SMILES string of the molecule is O=CC1CCCCN1c1ccc(Cl)nn1. The molecule has 4 nitrogen and oxygen atoms in total. The summed E-state index contributed by atoms with van der Waals surface area (Å²) in [6, 6.07) is 3.44. The maximum absolute atomic E-state index is 10.9. The van der Waals surface area contributed by atoms with E-state index in [0.29, 0.717) is 5.15 Å². The first kappa shape index (κ1) is 10.4. The molecular weight excluding hydrogens is 214 g/mol. The molecule has 1 aliphatic heterocycles. The number of hydrogen-bond donors (Lipinski definition) is 0. The van der Waals surface area contributed by atoms with E-state index in [1.165, 1.54) is 0 Å². The summed E-state index contributed by atoms with van der Waals surface area (Å²) in [5, 5.41) is 8.14. The Balaban J connectivity index is 2.20. The van der Waals surface area contributed by atoms with E-state index in [2.05, 4.69) is 10.2 Å². The fourth-order valence-corrected chi connectivity index (χ4v) is 1.95. The monoisotopic (exact) mass is 225 g/mol. The summed E-state index contributed by atoms with van der Waals surface area (Å²) >= 11 is 5.66. The Bertz CT molecular complexity index is 341. The van der Waals surface area contributed by atoms with Crippen molar-refractivity contribution in [1.29, 1.82) is 0 Å². The van der Waals surface area contributed by atoms with Gasteiger partial charge in [-0.25, -0.2) is 0 Å². The number of rotatable bonds is 2. The molecule has 0 spiro atoms. The minimum Gasteiger partial charge on any atom is -0.345 e. The van der Waals surface area contributed by atoms with Gasteiger partial charge in [0.25, 0.3) is 0 Å². The van der Waals surface area contributed by atoms with Crippen LogP contribution < -0.4 is 4.90 Å². The lowest BCUT2D eigenvalue weighted by Crippen LogP contribution is -2.41. The van der Waals surface area contributed by atoms with Crippen LogP contribution in [0.3, 0.4) is 0 Å². The van der Waals surface area contributed by atoms with E-state index >= 15 is 0 Å². The number of carbonyl (C=O) groups is 1. The van der Waals surface area contributed by atoms with Crippen LogP contribution in [-0.2, 0) is 4.79 Å². The van der Waals surface area contributed by atoms with Crippen molar-refractivity contribution < 1.29 is 4.79 Å². The molecule has 2 rings (SSSR count). The lowest BCUT2D eigenvalue weighted by Gasteiger charge is -2.32. The molecule has 1 aromatic rings. The standard InChI is InChI=1S/C10H12ClN3O/c11-9-4-5-10(13-12-9)14-6-2-1-3-8(14)7-15/h4-5,7-8H,1-3,6H2. The first-order chi connectivity index (χ1) is 7.31. The highest BCUT2D eigenvalue weighted by molar-refractivity contribution is 6.29. The molecule has 0 N–H and O–H groups in total. The van der Waals surface area contributed by atoms with Crippen molar-refractivity contribution >= 4 is 23.7 Å². The van der Waals surface area contributed by atoms with Crippen LogP contribution in [0.15, 0.2) is 12.1 Å². The van der Waals surface area contributed by atoms with Gasteiger partial charge in [0.1, 0.15) is 6.29 Å². The van der Waals surface area contributed by atoms with Gasteiger partial charge in [0, 0.05) is 6.54 Å². The Kier molecular flexibility index (Phi) is 3.16. The summed E-state index contributed by atoms with van der Waals surface area (Å²) in [4.78, 5) is 12.9. The van der Waals surface area contributed by atoms with Crippen LogP contribution in [0.25, 0.3) is 0 Å². The average molecular weight is 226 g/mol. The third-order valence-corrected chi connectivity index (χ3v) is 2.82. The second kappa shape index (κ2) is 4.57. The number of halogens is 1. The maximum atomic E-state index is 10.9. The van der Waals surface area contributed by atoms with Crippen molar-refractivity contribution in [3.05, 3.63) is 17.3 Å². The van der Waals surface area contributed by atoms with E-state index < -0.39 is 0 Å². The van der Waals surface area contributed by atoms with Crippen LogP contribution in [0.1, 0.15) is 19.3 Å². The fraction of sp³-hybridized carbons (Fsp3) is 0.500. The van der Waals surface area contributed by atoms with Gasteiger partial charge in [0.05, 0.1) is 6.04 Å². The Morgan fingerprint density at radius 2 is 2.27 bits per heavy atom. The lowest BCUT2D eigenvalue weighted by molar-refractivity contribution is -0.109. The van der Waals surface area contributed by atoms with Crippen LogP contribution >= 0.6 is 11.6 Å². The zero-order valence-corrected chi connectivity index (χ0v) is 9.02. The Morgan fingerprint density at radius 1 is 1.40 bits per heavy atom. The second-order valence-electron chi connectivity index (χ2n) is 3.61. The summed E-state index contributed by atoms with van der Waals surface area (Å²) in [6.07, 6.45) is 4.07. The Labute approximate surface area is 93.2 Å². The number of aromatic nitrogens is 2. The van der Waals surface area contributed by atoms with Crippen LogP contribution in [0.4, 0.5) is 5.82 Å². The van der Waals surface area contributed by atoms with Gasteiger partial charge >= 0.3 is 0 Å². The van der Waals surface area contributed by atoms with Gasteiger partial charge in [-0.05, 0) is 31.4 Å². The van der Waals surface area contributed by atoms with Gasteiger partial charge < -0.3 is 9.69 Å². The topological polar surface area (TPSA) is 46.1 Å². The van der Waals surface area contributed by atoms with Crippen LogP contribution in [0.5, 0.6) is 0 Å². The predicted octanol–water partition coefficient (Wildman–Crippen LogP) is 1.69. The first-order valence-corrected chi connectivity index (χ1v) is 5.40. The first-order valence-electron chi connectivity index (χ1n) is 5.02. The summed E-state index contributed by atoms with van der Waals surface area (Å²) in [7, 11) is 0. The normalized spacial score (nSPS) is 21.4. The van der Waals surface area contributed by atoms with Crippen molar-refractivity contribution in [2.24, 2.45) is 0 Å². The highest BCUT2D eigenvalue weighted by Crippen LogP contribution is 2.21. The van der Waals surface area contributed by atoms with Gasteiger partial charge in [0.15, 0.2) is 11.0 Å². The second-order valence-corrected chi connectivity index (χ2v) is 3.99. The van der Waals surface area contributed by atoms with E-state index in [0.717, 1.165) is 37.9 Å². The van der Waals surface area contributed by atoms with E-state index in [1.54, 1.807) is 12.1 Å². The third kappa shape index (κ3) is 2.26. The largest absolute Gasteiger partial charge is 0.345 e. The van der Waals surface area contributed by atoms with Crippen molar-refractivity contribution in [1.82, 2.24) is 10.2 Å².